The van der Waals surface area contributed by atoms with Crippen molar-refractivity contribution in [3.8, 4) is 0 Å². The predicted octanol–water partition coefficient (Wildman–Crippen LogP) is 4.37. The third kappa shape index (κ3) is 6.71. The van der Waals surface area contributed by atoms with Gasteiger partial charge in [0.25, 0.3) is 0 Å². The van der Waals surface area contributed by atoms with Crippen LogP contribution in [0.15, 0.2) is 54.6 Å². The van der Waals surface area contributed by atoms with Crippen molar-refractivity contribution in [2.75, 3.05) is 44.9 Å². The molecular formula is C24H29F3N2O3. The van der Waals surface area contributed by atoms with Gasteiger partial charge in [-0.1, -0.05) is 36.4 Å². The van der Waals surface area contributed by atoms with E-state index in [-0.39, 0.29) is 18.4 Å². The van der Waals surface area contributed by atoms with Crippen LogP contribution in [0.2, 0.25) is 0 Å². The van der Waals surface area contributed by atoms with Crippen molar-refractivity contribution in [2.45, 2.75) is 31.7 Å². The molecule has 1 saturated heterocycles. The first-order chi connectivity index (χ1) is 15.4. The molecule has 1 amide bonds. The highest BCUT2D eigenvalue weighted by atomic mass is 19.4. The van der Waals surface area contributed by atoms with Crippen molar-refractivity contribution in [1.82, 2.24) is 4.90 Å². The topological polar surface area (TPSA) is 42.0 Å². The summed E-state index contributed by atoms with van der Waals surface area (Å²) < 4.78 is 50.4. The molecule has 3 rings (SSSR count). The molecule has 1 unspecified atom stereocenters. The Balaban J connectivity index is 1.59. The van der Waals surface area contributed by atoms with E-state index < -0.39 is 11.7 Å². The molecule has 2 aromatic rings. The summed E-state index contributed by atoms with van der Waals surface area (Å²) in [5.41, 5.74) is 0.873. The Morgan fingerprint density at radius 2 is 1.81 bits per heavy atom. The van der Waals surface area contributed by atoms with Crippen molar-refractivity contribution >= 4 is 11.6 Å². The van der Waals surface area contributed by atoms with Crippen molar-refractivity contribution < 1.29 is 27.4 Å². The van der Waals surface area contributed by atoms with Gasteiger partial charge in [-0.3, -0.25) is 4.79 Å². The van der Waals surface area contributed by atoms with Gasteiger partial charge in [0.15, 0.2) is 0 Å². The second kappa shape index (κ2) is 11.3. The van der Waals surface area contributed by atoms with Gasteiger partial charge >= 0.3 is 6.18 Å². The van der Waals surface area contributed by atoms with E-state index in [0.29, 0.717) is 51.6 Å². The lowest BCUT2D eigenvalue weighted by Gasteiger charge is -2.31. The molecule has 0 bridgehead atoms. The first kappa shape index (κ1) is 24.1. The average molecular weight is 451 g/mol. The van der Waals surface area contributed by atoms with E-state index in [4.69, 9.17) is 9.47 Å². The Kier molecular flexibility index (Phi) is 8.53. The minimum Gasteiger partial charge on any atom is -0.383 e. The number of amides is 1. The van der Waals surface area contributed by atoms with Crippen LogP contribution in [0.1, 0.15) is 24.0 Å². The van der Waals surface area contributed by atoms with E-state index in [1.807, 2.05) is 35.2 Å². The normalized spacial score (nSPS) is 16.2. The molecule has 1 aliphatic rings. The summed E-state index contributed by atoms with van der Waals surface area (Å²) in [7, 11) is 1.59. The molecule has 32 heavy (non-hydrogen) atoms. The van der Waals surface area contributed by atoms with Gasteiger partial charge < -0.3 is 19.3 Å². The number of nitrogens with zero attached hydrogens (tertiary/aromatic N) is 2. The molecule has 5 nitrogen and oxygen atoms in total. The maximum absolute atomic E-state index is 13.1. The quantitative estimate of drug-likeness (QED) is 0.533. The average Bonchev–Trinajstić information content (AvgIpc) is 2.98. The molecule has 2 aromatic carbocycles. The zero-order valence-electron chi connectivity index (χ0n) is 18.2. The van der Waals surface area contributed by atoms with Gasteiger partial charge in [-0.2, -0.15) is 13.2 Å². The lowest BCUT2D eigenvalue weighted by Crippen LogP contribution is -2.44. The molecule has 0 saturated carbocycles. The van der Waals surface area contributed by atoms with Gasteiger partial charge in [0.05, 0.1) is 24.8 Å². The first-order valence-electron chi connectivity index (χ1n) is 10.7. The van der Waals surface area contributed by atoms with Gasteiger partial charge in [0.1, 0.15) is 0 Å². The highest BCUT2D eigenvalue weighted by molar-refractivity contribution is 5.78. The SMILES string of the molecule is COCC(CCOCc1ccccc1)N1CCN(c2cccc(C(F)(F)F)c2)CCC1=O. The van der Waals surface area contributed by atoms with E-state index >= 15 is 0 Å². The highest BCUT2D eigenvalue weighted by Crippen LogP contribution is 2.32. The van der Waals surface area contributed by atoms with Crippen LogP contribution in [0.4, 0.5) is 18.9 Å². The van der Waals surface area contributed by atoms with Crippen molar-refractivity contribution in [1.29, 1.82) is 0 Å². The maximum atomic E-state index is 13.1. The number of ether oxygens (including phenoxy) is 2. The number of rotatable bonds is 9. The maximum Gasteiger partial charge on any atom is 0.416 e. The lowest BCUT2D eigenvalue weighted by atomic mass is 10.1. The molecule has 0 radical (unpaired) electrons. The number of benzene rings is 2. The fourth-order valence-corrected chi connectivity index (χ4v) is 3.87. The van der Waals surface area contributed by atoms with E-state index in [2.05, 4.69) is 0 Å². The largest absolute Gasteiger partial charge is 0.416 e. The molecule has 1 aliphatic heterocycles. The van der Waals surface area contributed by atoms with Gasteiger partial charge in [-0.15, -0.1) is 0 Å². The zero-order chi connectivity index (χ0) is 23.0. The monoisotopic (exact) mass is 450 g/mol. The zero-order valence-corrected chi connectivity index (χ0v) is 18.2. The Morgan fingerprint density at radius 1 is 1.03 bits per heavy atom. The second-order valence-electron chi connectivity index (χ2n) is 7.81. The molecule has 0 spiro atoms. The van der Waals surface area contributed by atoms with Crippen molar-refractivity contribution in [3.05, 3.63) is 65.7 Å². The summed E-state index contributed by atoms with van der Waals surface area (Å²) in [5.74, 6) is -0.0235. The molecule has 1 atom stereocenters. The Bertz CT molecular complexity index is 861. The molecule has 1 heterocycles. The Hall–Kier alpha value is -2.58. The van der Waals surface area contributed by atoms with Crippen LogP contribution < -0.4 is 4.90 Å². The van der Waals surface area contributed by atoms with E-state index in [1.54, 1.807) is 18.1 Å². The second-order valence-corrected chi connectivity index (χ2v) is 7.81. The van der Waals surface area contributed by atoms with Crippen molar-refractivity contribution in [3.63, 3.8) is 0 Å². The van der Waals surface area contributed by atoms with Crippen LogP contribution in [0.25, 0.3) is 0 Å². The number of hydrogen-bond acceptors (Lipinski definition) is 4. The molecule has 8 heteroatoms. The Labute approximate surface area is 186 Å². The van der Waals surface area contributed by atoms with Gasteiger partial charge in [0, 0.05) is 45.5 Å². The summed E-state index contributed by atoms with van der Waals surface area (Å²) >= 11 is 0. The first-order valence-corrected chi connectivity index (χ1v) is 10.7. The summed E-state index contributed by atoms with van der Waals surface area (Å²) in [6.07, 6.45) is -3.54. The number of carbonyl (C=O) groups is 1. The lowest BCUT2D eigenvalue weighted by molar-refractivity contribution is -0.137. The van der Waals surface area contributed by atoms with Gasteiger partial charge in [0.2, 0.25) is 5.91 Å². The third-order valence-corrected chi connectivity index (χ3v) is 5.57. The third-order valence-electron chi connectivity index (χ3n) is 5.57. The summed E-state index contributed by atoms with van der Waals surface area (Å²) in [6.45, 7) is 2.60. The Morgan fingerprint density at radius 3 is 2.53 bits per heavy atom. The smallest absolute Gasteiger partial charge is 0.383 e. The molecule has 0 N–H and O–H groups in total. The van der Waals surface area contributed by atoms with Crippen LogP contribution in [0.3, 0.4) is 0 Å². The number of anilines is 1. The van der Waals surface area contributed by atoms with Crippen LogP contribution in [0, 0.1) is 0 Å². The van der Waals surface area contributed by atoms with Crippen LogP contribution in [0.5, 0.6) is 0 Å². The standard InChI is InChI=1S/C24H29F3N2O3/c1-31-18-22(11-15-32-17-19-6-3-2-4-7-19)29-14-13-28(12-10-23(29)30)21-9-5-8-20(16-21)24(25,26)27/h2-9,16,22H,10-15,17-18H2,1H3. The number of alkyl halides is 3. The summed E-state index contributed by atoms with van der Waals surface area (Å²) in [6, 6.07) is 15.0. The summed E-state index contributed by atoms with van der Waals surface area (Å²) in [5, 5.41) is 0. The number of halogens is 3. The van der Waals surface area contributed by atoms with E-state index in [0.717, 1.165) is 17.7 Å². The fourth-order valence-electron chi connectivity index (χ4n) is 3.87. The van der Waals surface area contributed by atoms with Crippen LogP contribution in [-0.4, -0.2) is 56.8 Å². The number of carbonyl (C=O) groups excluding carboxylic acids is 1. The van der Waals surface area contributed by atoms with Gasteiger partial charge in [-0.25, -0.2) is 0 Å². The number of hydrogen-bond donors (Lipinski definition) is 0. The van der Waals surface area contributed by atoms with Crippen LogP contribution >= 0.6 is 0 Å². The van der Waals surface area contributed by atoms with Crippen LogP contribution in [-0.2, 0) is 27.1 Å². The number of methoxy groups -OCH3 is 1. The molecule has 1 fully saturated rings. The molecule has 0 aromatic heterocycles. The van der Waals surface area contributed by atoms with Gasteiger partial charge in [-0.05, 0) is 30.2 Å². The van der Waals surface area contributed by atoms with E-state index in [9.17, 15) is 18.0 Å². The molecular weight excluding hydrogens is 421 g/mol. The minimum absolute atomic E-state index is 0.0235. The van der Waals surface area contributed by atoms with E-state index in [1.165, 1.54) is 6.07 Å². The summed E-state index contributed by atoms with van der Waals surface area (Å²) in [4.78, 5) is 16.4. The molecule has 0 aliphatic carbocycles. The highest BCUT2D eigenvalue weighted by Gasteiger charge is 2.32. The fraction of sp³-hybridized carbons (Fsp3) is 0.458. The minimum atomic E-state index is -4.40. The predicted molar refractivity (Wildman–Crippen MR) is 116 cm³/mol. The molecule has 174 valence electrons. The van der Waals surface area contributed by atoms with Crippen molar-refractivity contribution in [2.24, 2.45) is 0 Å².